The number of hydrogen-bond acceptors (Lipinski definition) is 8. The predicted molar refractivity (Wildman–Crippen MR) is 73.4 cm³/mol. The van der Waals surface area contributed by atoms with Crippen LogP contribution < -0.4 is 5.32 Å². The molecule has 110 valence electrons. The second kappa shape index (κ2) is 7.98. The third kappa shape index (κ3) is 4.58. The Morgan fingerprint density at radius 2 is 2.35 bits per heavy atom. The van der Waals surface area contributed by atoms with Gasteiger partial charge in [-0.1, -0.05) is 16.9 Å². The van der Waals surface area contributed by atoms with Gasteiger partial charge in [0.05, 0.1) is 18.8 Å². The summed E-state index contributed by atoms with van der Waals surface area (Å²) in [7, 11) is 1.68. The molecule has 2 rings (SSSR count). The number of tetrazole rings is 1. The van der Waals surface area contributed by atoms with E-state index in [1.165, 1.54) is 0 Å². The highest BCUT2D eigenvalue weighted by atomic mass is 32.2. The average molecular weight is 298 g/mol. The summed E-state index contributed by atoms with van der Waals surface area (Å²) in [5, 5.41) is 19.6. The molecule has 0 saturated heterocycles. The maximum Gasteiger partial charge on any atom is 0.209 e. The number of nitrogens with one attached hydrogen (secondary N) is 1. The summed E-state index contributed by atoms with van der Waals surface area (Å²) in [6.07, 6.45) is 0. The number of ether oxygens (including phenoxy) is 1. The van der Waals surface area contributed by atoms with E-state index >= 15 is 0 Å². The maximum atomic E-state index is 5.02. The number of methoxy groups -OCH3 is 1. The van der Waals surface area contributed by atoms with Crippen molar-refractivity contribution in [3.8, 4) is 0 Å². The van der Waals surface area contributed by atoms with Gasteiger partial charge in [-0.25, -0.2) is 4.68 Å². The van der Waals surface area contributed by atoms with Crippen LogP contribution in [0.1, 0.15) is 11.5 Å². The minimum absolute atomic E-state index is 0.689. The highest BCUT2D eigenvalue weighted by Crippen LogP contribution is 2.19. The van der Waals surface area contributed by atoms with Crippen LogP contribution in [0.3, 0.4) is 0 Å². The van der Waals surface area contributed by atoms with E-state index in [1.807, 2.05) is 13.0 Å². The topological polar surface area (TPSA) is 90.9 Å². The first kappa shape index (κ1) is 14.9. The molecule has 2 heterocycles. The number of thioether (sulfide) groups is 1. The van der Waals surface area contributed by atoms with Crippen LogP contribution in [0.25, 0.3) is 0 Å². The predicted octanol–water partition coefficient (Wildman–Crippen LogP) is 0.498. The van der Waals surface area contributed by atoms with E-state index in [4.69, 9.17) is 9.26 Å². The molecule has 0 fully saturated rings. The van der Waals surface area contributed by atoms with Gasteiger partial charge in [-0.05, 0) is 17.4 Å². The SMILES string of the molecule is COCCNCCn1nnnc1SCc1cc(C)on1. The van der Waals surface area contributed by atoms with E-state index in [2.05, 4.69) is 26.0 Å². The van der Waals surface area contributed by atoms with Gasteiger partial charge < -0.3 is 14.6 Å². The van der Waals surface area contributed by atoms with Crippen LogP contribution >= 0.6 is 11.8 Å². The molecule has 1 N–H and O–H groups in total. The molecule has 0 radical (unpaired) electrons. The standard InChI is InChI=1S/C11H18N6O2S/c1-9-7-10(14-19-9)8-20-11-13-15-16-17(11)5-3-12-4-6-18-2/h7,12H,3-6,8H2,1-2H3. The molecular weight excluding hydrogens is 280 g/mol. The Morgan fingerprint density at radius 3 is 3.10 bits per heavy atom. The number of hydrogen-bond donors (Lipinski definition) is 1. The lowest BCUT2D eigenvalue weighted by Crippen LogP contribution is -2.24. The summed E-state index contributed by atoms with van der Waals surface area (Å²) in [5.41, 5.74) is 0.889. The quantitative estimate of drug-likeness (QED) is 0.528. The van der Waals surface area contributed by atoms with Gasteiger partial charge in [0, 0.05) is 32.0 Å². The highest BCUT2D eigenvalue weighted by Gasteiger charge is 2.08. The number of rotatable bonds is 9. The van der Waals surface area contributed by atoms with Gasteiger partial charge in [-0.2, -0.15) is 0 Å². The van der Waals surface area contributed by atoms with Crippen LogP contribution in [0.2, 0.25) is 0 Å². The van der Waals surface area contributed by atoms with E-state index < -0.39 is 0 Å². The Labute approximate surface area is 121 Å². The number of aryl methyl sites for hydroxylation is 1. The Balaban J connectivity index is 1.76. The zero-order valence-corrected chi connectivity index (χ0v) is 12.4. The molecule has 20 heavy (non-hydrogen) atoms. The monoisotopic (exact) mass is 298 g/mol. The molecule has 0 aliphatic heterocycles. The van der Waals surface area contributed by atoms with E-state index in [-0.39, 0.29) is 0 Å². The lowest BCUT2D eigenvalue weighted by Gasteiger charge is -2.05. The first-order chi connectivity index (χ1) is 9.79. The largest absolute Gasteiger partial charge is 0.383 e. The molecule has 0 unspecified atom stereocenters. The fourth-order valence-electron chi connectivity index (χ4n) is 1.55. The molecule has 0 spiro atoms. The van der Waals surface area contributed by atoms with Gasteiger partial charge in [0.25, 0.3) is 0 Å². The fourth-order valence-corrected chi connectivity index (χ4v) is 2.33. The molecule has 0 aliphatic carbocycles. The van der Waals surface area contributed by atoms with E-state index in [1.54, 1.807) is 23.6 Å². The minimum Gasteiger partial charge on any atom is -0.383 e. The maximum absolute atomic E-state index is 5.02. The third-order valence-electron chi connectivity index (χ3n) is 2.51. The Bertz CT molecular complexity index is 514. The van der Waals surface area contributed by atoms with Crippen molar-refractivity contribution in [2.45, 2.75) is 24.4 Å². The van der Waals surface area contributed by atoms with Gasteiger partial charge >= 0.3 is 0 Å². The summed E-state index contributed by atoms with van der Waals surface area (Å²) in [6.45, 7) is 4.90. The lowest BCUT2D eigenvalue weighted by atomic mass is 10.4. The van der Waals surface area contributed by atoms with Crippen LogP contribution in [0, 0.1) is 6.92 Å². The summed E-state index contributed by atoms with van der Waals surface area (Å²) in [4.78, 5) is 0. The molecule has 8 nitrogen and oxygen atoms in total. The smallest absolute Gasteiger partial charge is 0.209 e. The van der Waals surface area contributed by atoms with Crippen molar-refractivity contribution in [2.24, 2.45) is 0 Å². The van der Waals surface area contributed by atoms with Crippen LogP contribution in [0.15, 0.2) is 15.7 Å². The second-order valence-electron chi connectivity index (χ2n) is 4.14. The van der Waals surface area contributed by atoms with Crippen molar-refractivity contribution < 1.29 is 9.26 Å². The van der Waals surface area contributed by atoms with Crippen molar-refractivity contribution in [1.29, 1.82) is 0 Å². The number of nitrogens with zero attached hydrogens (tertiary/aromatic N) is 5. The molecule has 0 bridgehead atoms. The summed E-state index contributed by atoms with van der Waals surface area (Å²) >= 11 is 1.54. The van der Waals surface area contributed by atoms with Crippen molar-refractivity contribution in [3.05, 3.63) is 17.5 Å². The second-order valence-corrected chi connectivity index (χ2v) is 5.09. The van der Waals surface area contributed by atoms with E-state index in [0.717, 1.165) is 36.2 Å². The van der Waals surface area contributed by atoms with Gasteiger partial charge in [0.2, 0.25) is 5.16 Å². The van der Waals surface area contributed by atoms with Crippen molar-refractivity contribution in [3.63, 3.8) is 0 Å². The first-order valence-electron chi connectivity index (χ1n) is 6.30. The van der Waals surface area contributed by atoms with Crippen molar-refractivity contribution >= 4 is 11.8 Å². The molecule has 0 amide bonds. The molecular formula is C11H18N6O2S. The summed E-state index contributed by atoms with van der Waals surface area (Å²) < 4.78 is 11.8. The minimum atomic E-state index is 0.689. The average Bonchev–Trinajstić information content (AvgIpc) is 3.05. The van der Waals surface area contributed by atoms with Crippen molar-refractivity contribution in [1.82, 2.24) is 30.7 Å². The van der Waals surface area contributed by atoms with Crippen LogP contribution in [0.4, 0.5) is 0 Å². The molecule has 0 atom stereocenters. The van der Waals surface area contributed by atoms with Crippen molar-refractivity contribution in [2.75, 3.05) is 26.8 Å². The third-order valence-corrected chi connectivity index (χ3v) is 3.50. The first-order valence-corrected chi connectivity index (χ1v) is 7.29. The normalized spacial score (nSPS) is 11.1. The Kier molecular flexibility index (Phi) is 5.96. The highest BCUT2D eigenvalue weighted by molar-refractivity contribution is 7.98. The van der Waals surface area contributed by atoms with Gasteiger partial charge in [-0.15, -0.1) is 5.10 Å². The Hall–Kier alpha value is -1.45. The summed E-state index contributed by atoms with van der Waals surface area (Å²) in [6, 6.07) is 1.91. The van der Waals surface area contributed by atoms with E-state index in [9.17, 15) is 0 Å². The molecule has 2 aromatic heterocycles. The molecule has 0 aliphatic rings. The van der Waals surface area contributed by atoms with Crippen LogP contribution in [-0.2, 0) is 17.0 Å². The molecule has 9 heteroatoms. The molecule has 2 aromatic rings. The van der Waals surface area contributed by atoms with Crippen LogP contribution in [-0.4, -0.2) is 52.2 Å². The number of aromatic nitrogens is 5. The zero-order valence-electron chi connectivity index (χ0n) is 11.6. The molecule has 0 saturated carbocycles. The zero-order chi connectivity index (χ0) is 14.2. The van der Waals surface area contributed by atoms with Crippen LogP contribution in [0.5, 0.6) is 0 Å². The summed E-state index contributed by atoms with van der Waals surface area (Å²) in [5.74, 6) is 1.50. The Morgan fingerprint density at radius 1 is 1.45 bits per heavy atom. The van der Waals surface area contributed by atoms with E-state index in [0.29, 0.717) is 12.4 Å². The van der Waals surface area contributed by atoms with Gasteiger partial charge in [-0.3, -0.25) is 0 Å². The molecule has 0 aromatic carbocycles. The fraction of sp³-hybridized carbons (Fsp3) is 0.636. The van der Waals surface area contributed by atoms with Gasteiger partial charge in [0.1, 0.15) is 5.76 Å². The van der Waals surface area contributed by atoms with Gasteiger partial charge in [0.15, 0.2) is 0 Å². The lowest BCUT2D eigenvalue weighted by molar-refractivity contribution is 0.199.